The molecule has 0 aliphatic carbocycles. The van der Waals surface area contributed by atoms with Gasteiger partial charge in [-0.3, -0.25) is 9.88 Å². The van der Waals surface area contributed by atoms with Crippen molar-refractivity contribution >= 4 is 0 Å². The van der Waals surface area contributed by atoms with Crippen LogP contribution in [0.25, 0.3) is 0 Å². The van der Waals surface area contributed by atoms with Gasteiger partial charge in [0.05, 0.1) is 6.54 Å². The summed E-state index contributed by atoms with van der Waals surface area (Å²) in [4.78, 5) is 5.56. The van der Waals surface area contributed by atoms with Gasteiger partial charge in [0.1, 0.15) is 0 Å². The molecular weight excluding hydrogens is 267 g/mol. The zero-order valence-electron chi connectivity index (χ0n) is 11.5. The zero-order valence-corrected chi connectivity index (χ0v) is 11.5. The predicted molar refractivity (Wildman–Crippen MR) is 71.3 cm³/mol. The van der Waals surface area contributed by atoms with Crippen molar-refractivity contribution in [3.05, 3.63) is 30.1 Å². The highest BCUT2D eigenvalue weighted by molar-refractivity contribution is 5.13. The molecule has 1 aliphatic heterocycles. The first-order valence-electron chi connectivity index (χ1n) is 6.89. The van der Waals surface area contributed by atoms with Gasteiger partial charge in [-0.1, -0.05) is 6.07 Å². The van der Waals surface area contributed by atoms with Crippen LogP contribution < -0.4 is 5.32 Å². The second-order valence-electron chi connectivity index (χ2n) is 5.34. The second kappa shape index (κ2) is 6.54. The second-order valence-corrected chi connectivity index (χ2v) is 5.34. The van der Waals surface area contributed by atoms with Crippen LogP contribution in [0.5, 0.6) is 0 Å². The van der Waals surface area contributed by atoms with E-state index < -0.39 is 12.7 Å². The van der Waals surface area contributed by atoms with Crippen molar-refractivity contribution in [1.82, 2.24) is 15.2 Å². The number of aromatic nitrogens is 1. The summed E-state index contributed by atoms with van der Waals surface area (Å²) in [7, 11) is 0. The Morgan fingerprint density at radius 1 is 1.40 bits per heavy atom. The molecule has 1 aromatic heterocycles. The largest absolute Gasteiger partial charge is 0.401 e. The Morgan fingerprint density at radius 2 is 2.10 bits per heavy atom. The zero-order chi connectivity index (χ0) is 14.6. The average Bonchev–Trinajstić information content (AvgIpc) is 2.40. The molecule has 1 aromatic rings. The van der Waals surface area contributed by atoms with E-state index in [2.05, 4.69) is 17.2 Å². The molecule has 0 saturated carbocycles. The molecule has 3 nitrogen and oxygen atoms in total. The lowest BCUT2D eigenvalue weighted by atomic mass is 10.0. The van der Waals surface area contributed by atoms with Crippen molar-refractivity contribution in [1.29, 1.82) is 0 Å². The third-order valence-electron chi connectivity index (χ3n) is 3.66. The Morgan fingerprint density at radius 3 is 2.65 bits per heavy atom. The first-order chi connectivity index (χ1) is 9.44. The van der Waals surface area contributed by atoms with Gasteiger partial charge in [-0.05, 0) is 44.5 Å². The Bertz CT molecular complexity index is 400. The molecule has 1 N–H and O–H groups in total. The van der Waals surface area contributed by atoms with E-state index in [0.29, 0.717) is 13.1 Å². The van der Waals surface area contributed by atoms with E-state index in [4.69, 9.17) is 0 Å². The van der Waals surface area contributed by atoms with Crippen LogP contribution in [0.15, 0.2) is 24.5 Å². The van der Waals surface area contributed by atoms with Gasteiger partial charge in [0.25, 0.3) is 0 Å². The minimum absolute atomic E-state index is 0.169. The summed E-state index contributed by atoms with van der Waals surface area (Å²) in [5, 5.41) is 3.47. The molecule has 0 aromatic carbocycles. The Labute approximate surface area is 117 Å². The lowest BCUT2D eigenvalue weighted by Gasteiger charge is -2.34. The van der Waals surface area contributed by atoms with Gasteiger partial charge in [0.15, 0.2) is 0 Å². The summed E-state index contributed by atoms with van der Waals surface area (Å²) < 4.78 is 36.9. The minimum atomic E-state index is -4.09. The van der Waals surface area contributed by atoms with Gasteiger partial charge in [-0.2, -0.15) is 13.2 Å². The molecule has 20 heavy (non-hydrogen) atoms. The molecule has 0 amide bonds. The van der Waals surface area contributed by atoms with Crippen LogP contribution in [0.1, 0.15) is 31.4 Å². The van der Waals surface area contributed by atoms with E-state index in [9.17, 15) is 13.2 Å². The first kappa shape index (κ1) is 15.3. The summed E-state index contributed by atoms with van der Waals surface area (Å²) in [5.41, 5.74) is 1.10. The third-order valence-corrected chi connectivity index (χ3v) is 3.66. The maximum atomic E-state index is 12.3. The van der Waals surface area contributed by atoms with Crippen LogP contribution in [0.2, 0.25) is 0 Å². The number of likely N-dealkylation sites (tertiary alicyclic amines) is 1. The van der Waals surface area contributed by atoms with E-state index >= 15 is 0 Å². The van der Waals surface area contributed by atoms with Crippen molar-refractivity contribution in [2.75, 3.05) is 19.6 Å². The van der Waals surface area contributed by atoms with Gasteiger partial charge >= 0.3 is 6.18 Å². The molecule has 1 atom stereocenters. The molecule has 0 radical (unpaired) electrons. The molecule has 0 spiro atoms. The van der Waals surface area contributed by atoms with Crippen LogP contribution in [0.4, 0.5) is 13.2 Å². The molecule has 0 bridgehead atoms. The molecule has 1 fully saturated rings. The third kappa shape index (κ3) is 4.76. The molecule has 0 unspecified atom stereocenters. The predicted octanol–water partition coefficient (Wildman–Crippen LogP) is 2.76. The van der Waals surface area contributed by atoms with Crippen LogP contribution in [0, 0.1) is 0 Å². The monoisotopic (exact) mass is 287 g/mol. The maximum absolute atomic E-state index is 12.3. The lowest BCUT2D eigenvalue weighted by molar-refractivity contribution is -0.148. The van der Waals surface area contributed by atoms with Crippen molar-refractivity contribution in [3.63, 3.8) is 0 Å². The maximum Gasteiger partial charge on any atom is 0.401 e. The van der Waals surface area contributed by atoms with E-state index in [-0.39, 0.29) is 12.1 Å². The van der Waals surface area contributed by atoms with Crippen molar-refractivity contribution in [2.45, 2.75) is 38.0 Å². The van der Waals surface area contributed by atoms with Crippen molar-refractivity contribution in [3.8, 4) is 0 Å². The SMILES string of the molecule is C[C@H](NC1CCN(CC(F)(F)F)CC1)c1cccnc1. The Hall–Kier alpha value is -1.14. The van der Waals surface area contributed by atoms with Gasteiger partial charge in [-0.15, -0.1) is 0 Å². The van der Waals surface area contributed by atoms with E-state index in [1.54, 1.807) is 6.20 Å². The van der Waals surface area contributed by atoms with Gasteiger partial charge in [-0.25, -0.2) is 0 Å². The first-order valence-corrected chi connectivity index (χ1v) is 6.89. The fourth-order valence-electron chi connectivity index (χ4n) is 2.59. The van der Waals surface area contributed by atoms with Crippen LogP contribution in [0.3, 0.4) is 0 Å². The summed E-state index contributed by atoms with van der Waals surface area (Å²) in [6.07, 6.45) is 0.951. The van der Waals surface area contributed by atoms with Gasteiger partial charge in [0.2, 0.25) is 0 Å². The molecule has 6 heteroatoms. The fourth-order valence-corrected chi connectivity index (χ4v) is 2.59. The van der Waals surface area contributed by atoms with Crippen LogP contribution in [-0.2, 0) is 0 Å². The molecule has 112 valence electrons. The average molecular weight is 287 g/mol. The van der Waals surface area contributed by atoms with E-state index in [0.717, 1.165) is 18.4 Å². The minimum Gasteiger partial charge on any atom is -0.307 e. The van der Waals surface area contributed by atoms with E-state index in [1.807, 2.05) is 18.3 Å². The van der Waals surface area contributed by atoms with Gasteiger partial charge < -0.3 is 5.32 Å². The quantitative estimate of drug-likeness (QED) is 0.923. The van der Waals surface area contributed by atoms with Gasteiger partial charge in [0, 0.05) is 24.5 Å². The van der Waals surface area contributed by atoms with Crippen molar-refractivity contribution < 1.29 is 13.2 Å². The molecule has 2 heterocycles. The standard InChI is InChI=1S/C14H20F3N3/c1-11(12-3-2-6-18-9-12)19-13-4-7-20(8-5-13)10-14(15,16)17/h2-3,6,9,11,13,19H,4-5,7-8,10H2,1H3/t11-/m0/s1. The van der Waals surface area contributed by atoms with Crippen LogP contribution >= 0.6 is 0 Å². The highest BCUT2D eigenvalue weighted by Gasteiger charge is 2.32. The summed E-state index contributed by atoms with van der Waals surface area (Å²) in [5.74, 6) is 0. The van der Waals surface area contributed by atoms with Crippen LogP contribution in [-0.4, -0.2) is 41.7 Å². The topological polar surface area (TPSA) is 28.2 Å². The normalized spacial score (nSPS) is 20.0. The number of alkyl halides is 3. The number of rotatable bonds is 4. The number of hydrogen-bond donors (Lipinski definition) is 1. The number of hydrogen-bond acceptors (Lipinski definition) is 3. The number of pyridine rings is 1. The molecular formula is C14H20F3N3. The fraction of sp³-hybridized carbons (Fsp3) is 0.643. The smallest absolute Gasteiger partial charge is 0.307 e. The summed E-state index contributed by atoms with van der Waals surface area (Å²) in [6, 6.07) is 4.33. The Balaban J connectivity index is 1.77. The molecule has 1 saturated heterocycles. The van der Waals surface area contributed by atoms with E-state index in [1.165, 1.54) is 4.90 Å². The number of nitrogens with one attached hydrogen (secondary N) is 1. The molecule has 1 aliphatic rings. The Kier molecular flexibility index (Phi) is 4.99. The number of halogens is 3. The van der Waals surface area contributed by atoms with Crippen molar-refractivity contribution in [2.24, 2.45) is 0 Å². The number of piperidine rings is 1. The summed E-state index contributed by atoms with van der Waals surface area (Å²) >= 11 is 0. The highest BCUT2D eigenvalue weighted by atomic mass is 19.4. The molecule has 2 rings (SSSR count). The summed E-state index contributed by atoms with van der Waals surface area (Å²) in [6.45, 7) is 2.25. The lowest BCUT2D eigenvalue weighted by Crippen LogP contribution is -2.46. The highest BCUT2D eigenvalue weighted by Crippen LogP contribution is 2.21. The number of nitrogens with zero attached hydrogens (tertiary/aromatic N) is 2.